The summed E-state index contributed by atoms with van der Waals surface area (Å²) in [5, 5.41) is 9.31. The lowest BCUT2D eigenvalue weighted by molar-refractivity contribution is -0.153. The molecular formula is C11H23NO4. The van der Waals surface area contributed by atoms with Crippen molar-refractivity contribution in [1.82, 2.24) is 4.90 Å². The Morgan fingerprint density at radius 1 is 1.44 bits per heavy atom. The molecule has 0 aliphatic heterocycles. The van der Waals surface area contributed by atoms with E-state index in [1.807, 2.05) is 11.8 Å². The first-order valence-electron chi connectivity index (χ1n) is 5.34. The summed E-state index contributed by atoms with van der Waals surface area (Å²) in [5.74, 6) is -0.838. The van der Waals surface area contributed by atoms with Gasteiger partial charge >= 0.3 is 5.97 Å². The Morgan fingerprint density at radius 2 is 2.00 bits per heavy atom. The lowest BCUT2D eigenvalue weighted by Gasteiger charge is -2.38. The van der Waals surface area contributed by atoms with E-state index in [9.17, 15) is 9.90 Å². The first-order valence-corrected chi connectivity index (χ1v) is 5.34. The highest BCUT2D eigenvalue weighted by Crippen LogP contribution is 2.21. The number of hydrogen-bond acceptors (Lipinski definition) is 4. The maximum absolute atomic E-state index is 11.3. The van der Waals surface area contributed by atoms with Crippen LogP contribution in [-0.2, 0) is 14.3 Å². The SMILES string of the molecule is COCCC(C)(C(=O)O)N(C)C(C)COC. The summed E-state index contributed by atoms with van der Waals surface area (Å²) < 4.78 is 9.99. The molecule has 5 heteroatoms. The topological polar surface area (TPSA) is 59.0 Å². The molecule has 0 heterocycles. The number of hydrogen-bond donors (Lipinski definition) is 1. The third-order valence-corrected chi connectivity index (χ3v) is 3.10. The van der Waals surface area contributed by atoms with Gasteiger partial charge in [-0.3, -0.25) is 9.69 Å². The first-order chi connectivity index (χ1) is 7.40. The molecule has 0 aromatic carbocycles. The highest BCUT2D eigenvalue weighted by atomic mass is 16.5. The van der Waals surface area contributed by atoms with Gasteiger partial charge in [0.25, 0.3) is 0 Å². The highest BCUT2D eigenvalue weighted by molar-refractivity contribution is 5.78. The highest BCUT2D eigenvalue weighted by Gasteiger charge is 2.39. The van der Waals surface area contributed by atoms with Crippen molar-refractivity contribution in [2.45, 2.75) is 31.8 Å². The van der Waals surface area contributed by atoms with E-state index < -0.39 is 11.5 Å². The van der Waals surface area contributed by atoms with Gasteiger partial charge in [0.2, 0.25) is 0 Å². The van der Waals surface area contributed by atoms with Crippen LogP contribution in [0.25, 0.3) is 0 Å². The van der Waals surface area contributed by atoms with Gasteiger partial charge in [0, 0.05) is 26.9 Å². The number of ether oxygens (including phenoxy) is 2. The molecule has 0 aliphatic carbocycles. The van der Waals surface area contributed by atoms with E-state index in [2.05, 4.69) is 0 Å². The fourth-order valence-electron chi connectivity index (χ4n) is 1.57. The van der Waals surface area contributed by atoms with Crippen LogP contribution in [0.1, 0.15) is 20.3 Å². The molecule has 0 spiro atoms. The smallest absolute Gasteiger partial charge is 0.323 e. The second-order valence-corrected chi connectivity index (χ2v) is 4.24. The van der Waals surface area contributed by atoms with Crippen LogP contribution in [0.5, 0.6) is 0 Å². The molecule has 0 amide bonds. The molecule has 0 bridgehead atoms. The van der Waals surface area contributed by atoms with Gasteiger partial charge in [0.05, 0.1) is 6.61 Å². The Balaban J connectivity index is 4.68. The van der Waals surface area contributed by atoms with E-state index in [-0.39, 0.29) is 6.04 Å². The number of carboxylic acids is 1. The van der Waals surface area contributed by atoms with E-state index in [4.69, 9.17) is 9.47 Å². The minimum absolute atomic E-state index is 0.0444. The third-order valence-electron chi connectivity index (χ3n) is 3.10. The van der Waals surface area contributed by atoms with Crippen molar-refractivity contribution >= 4 is 5.97 Å². The zero-order valence-corrected chi connectivity index (χ0v) is 10.8. The standard InChI is InChI=1S/C11H23NO4/c1-9(8-16-5)12(3)11(2,10(13)14)6-7-15-4/h9H,6-8H2,1-5H3,(H,13,14). The summed E-state index contributed by atoms with van der Waals surface area (Å²) in [6.07, 6.45) is 0.448. The molecule has 2 unspecified atom stereocenters. The molecular weight excluding hydrogens is 210 g/mol. The van der Waals surface area contributed by atoms with Crippen LogP contribution < -0.4 is 0 Å². The summed E-state index contributed by atoms with van der Waals surface area (Å²) in [5.41, 5.74) is -0.923. The predicted molar refractivity (Wildman–Crippen MR) is 61.6 cm³/mol. The van der Waals surface area contributed by atoms with E-state index >= 15 is 0 Å². The summed E-state index contributed by atoms with van der Waals surface area (Å²) in [4.78, 5) is 13.2. The van der Waals surface area contributed by atoms with Crippen LogP contribution in [0, 0.1) is 0 Å². The fraction of sp³-hybridized carbons (Fsp3) is 0.909. The van der Waals surface area contributed by atoms with Gasteiger partial charge in [-0.2, -0.15) is 0 Å². The van der Waals surface area contributed by atoms with Crippen LogP contribution in [0.2, 0.25) is 0 Å². The summed E-state index contributed by atoms with van der Waals surface area (Å²) >= 11 is 0. The van der Waals surface area contributed by atoms with E-state index in [0.717, 1.165) is 0 Å². The second kappa shape index (κ2) is 6.83. The van der Waals surface area contributed by atoms with E-state index in [1.165, 1.54) is 0 Å². The second-order valence-electron chi connectivity index (χ2n) is 4.24. The normalized spacial score (nSPS) is 17.1. The van der Waals surface area contributed by atoms with Crippen LogP contribution >= 0.6 is 0 Å². The first kappa shape index (κ1) is 15.3. The van der Waals surface area contributed by atoms with Gasteiger partial charge in [-0.15, -0.1) is 0 Å². The molecule has 1 N–H and O–H groups in total. The van der Waals surface area contributed by atoms with Crippen molar-refractivity contribution in [3.63, 3.8) is 0 Å². The molecule has 96 valence electrons. The number of nitrogens with zero attached hydrogens (tertiary/aromatic N) is 1. The predicted octanol–water partition coefficient (Wildman–Crippen LogP) is 0.833. The molecule has 0 aromatic rings. The Labute approximate surface area is 97.3 Å². The lowest BCUT2D eigenvalue weighted by Crippen LogP contribution is -2.55. The largest absolute Gasteiger partial charge is 0.480 e. The Morgan fingerprint density at radius 3 is 2.38 bits per heavy atom. The van der Waals surface area contributed by atoms with Crippen molar-refractivity contribution in [3.05, 3.63) is 0 Å². The van der Waals surface area contributed by atoms with Crippen molar-refractivity contribution < 1.29 is 19.4 Å². The maximum Gasteiger partial charge on any atom is 0.323 e. The van der Waals surface area contributed by atoms with Crippen LogP contribution in [0.3, 0.4) is 0 Å². The average Bonchev–Trinajstić information content (AvgIpc) is 2.24. The molecule has 0 saturated heterocycles. The third kappa shape index (κ3) is 3.73. The van der Waals surface area contributed by atoms with Crippen molar-refractivity contribution in [2.24, 2.45) is 0 Å². The molecule has 0 fully saturated rings. The zero-order chi connectivity index (χ0) is 12.8. The summed E-state index contributed by atoms with van der Waals surface area (Å²) in [7, 11) is 4.98. The number of carbonyl (C=O) groups is 1. The zero-order valence-electron chi connectivity index (χ0n) is 10.8. The molecule has 0 radical (unpaired) electrons. The van der Waals surface area contributed by atoms with Crippen LogP contribution in [0.4, 0.5) is 0 Å². The fourth-order valence-corrected chi connectivity index (χ4v) is 1.57. The molecule has 0 aliphatic rings. The number of likely N-dealkylation sites (N-methyl/N-ethyl adjacent to an activating group) is 1. The monoisotopic (exact) mass is 233 g/mol. The van der Waals surface area contributed by atoms with Gasteiger partial charge in [0.15, 0.2) is 0 Å². The molecule has 0 rings (SSSR count). The molecule has 0 aromatic heterocycles. The summed E-state index contributed by atoms with van der Waals surface area (Å²) in [6, 6.07) is 0.0444. The quantitative estimate of drug-likeness (QED) is 0.673. The van der Waals surface area contributed by atoms with Gasteiger partial charge < -0.3 is 14.6 Å². The van der Waals surface area contributed by atoms with Gasteiger partial charge in [-0.25, -0.2) is 0 Å². The minimum atomic E-state index is -0.923. The lowest BCUT2D eigenvalue weighted by atomic mass is 9.95. The Hall–Kier alpha value is -0.650. The molecule has 5 nitrogen and oxygen atoms in total. The van der Waals surface area contributed by atoms with E-state index in [1.54, 1.807) is 28.2 Å². The number of rotatable bonds is 8. The van der Waals surface area contributed by atoms with Crippen molar-refractivity contribution in [1.29, 1.82) is 0 Å². The van der Waals surface area contributed by atoms with Gasteiger partial charge in [0.1, 0.15) is 5.54 Å². The number of carboxylic acid groups (broad SMARTS) is 1. The molecule has 0 saturated carbocycles. The van der Waals surface area contributed by atoms with Gasteiger partial charge in [-0.1, -0.05) is 0 Å². The van der Waals surface area contributed by atoms with Crippen LogP contribution in [-0.4, -0.2) is 62.0 Å². The number of methoxy groups -OCH3 is 2. The Bertz CT molecular complexity index is 222. The average molecular weight is 233 g/mol. The van der Waals surface area contributed by atoms with Crippen molar-refractivity contribution in [2.75, 3.05) is 34.5 Å². The minimum Gasteiger partial charge on any atom is -0.480 e. The van der Waals surface area contributed by atoms with Crippen LogP contribution in [0.15, 0.2) is 0 Å². The molecule has 16 heavy (non-hydrogen) atoms. The van der Waals surface area contributed by atoms with Gasteiger partial charge in [-0.05, 0) is 27.3 Å². The maximum atomic E-state index is 11.3. The number of aliphatic carboxylic acids is 1. The van der Waals surface area contributed by atoms with Crippen molar-refractivity contribution in [3.8, 4) is 0 Å². The summed E-state index contributed by atoms with van der Waals surface area (Å²) in [6.45, 7) is 4.58. The molecule has 2 atom stereocenters. The van der Waals surface area contributed by atoms with E-state index in [0.29, 0.717) is 19.6 Å². The Kier molecular flexibility index (Phi) is 6.55.